The highest BCUT2D eigenvalue weighted by Crippen LogP contribution is 2.42. The number of aromatic amines is 1. The first kappa shape index (κ1) is 16.7. The second-order valence-electron chi connectivity index (χ2n) is 7.98. The molecule has 2 aromatic rings. The summed E-state index contributed by atoms with van der Waals surface area (Å²) in [4.78, 5) is 36.2. The van der Waals surface area contributed by atoms with Crippen LogP contribution in [0.25, 0.3) is 11.0 Å². The topological polar surface area (TPSA) is 90.6 Å². The highest BCUT2D eigenvalue weighted by atomic mass is 16.6. The number of hydrogen-bond acceptors (Lipinski definition) is 5. The molecule has 2 amide bonds. The normalized spacial score (nSPS) is 22.7. The van der Waals surface area contributed by atoms with E-state index in [2.05, 4.69) is 15.3 Å². The van der Waals surface area contributed by atoms with Crippen LogP contribution in [-0.4, -0.2) is 58.1 Å². The maximum atomic E-state index is 13.1. The zero-order valence-corrected chi connectivity index (χ0v) is 15.4. The molecule has 2 aliphatic rings. The summed E-state index contributed by atoms with van der Waals surface area (Å²) in [5.41, 5.74) is 0.955. The number of pyridine rings is 1. The molecule has 0 bridgehead atoms. The lowest BCUT2D eigenvalue weighted by Crippen LogP contribution is -2.58. The highest BCUT2D eigenvalue weighted by Gasteiger charge is 2.51. The average Bonchev–Trinajstić information content (AvgIpc) is 3.19. The largest absolute Gasteiger partial charge is 0.444 e. The molecule has 0 aromatic carbocycles. The predicted molar refractivity (Wildman–Crippen MR) is 98.3 cm³/mol. The number of nitrogens with zero attached hydrogens (tertiary/aromatic N) is 3. The van der Waals surface area contributed by atoms with Gasteiger partial charge in [0.25, 0.3) is 5.91 Å². The maximum absolute atomic E-state index is 13.1. The molecule has 0 saturated carbocycles. The number of nitrogens with one attached hydrogen (secondary N) is 2. The fourth-order valence-corrected chi connectivity index (χ4v) is 3.67. The third kappa shape index (κ3) is 2.48. The fourth-order valence-electron chi connectivity index (χ4n) is 3.67. The first-order chi connectivity index (χ1) is 12.2. The van der Waals surface area contributed by atoms with Crippen molar-refractivity contribution in [3.05, 3.63) is 18.5 Å². The van der Waals surface area contributed by atoms with E-state index in [1.54, 1.807) is 23.0 Å². The second kappa shape index (κ2) is 5.36. The Hall–Kier alpha value is -2.77. The van der Waals surface area contributed by atoms with E-state index in [1.165, 1.54) is 0 Å². The average molecular weight is 357 g/mol. The molecule has 26 heavy (non-hydrogen) atoms. The van der Waals surface area contributed by atoms with Crippen molar-refractivity contribution in [2.45, 2.75) is 38.3 Å². The summed E-state index contributed by atoms with van der Waals surface area (Å²) in [7, 11) is 1.75. The van der Waals surface area contributed by atoms with Crippen molar-refractivity contribution >= 4 is 34.4 Å². The summed E-state index contributed by atoms with van der Waals surface area (Å²) in [6, 6.07) is 1.94. The molecule has 138 valence electrons. The monoisotopic (exact) mass is 357 g/mol. The predicted octanol–water partition coefficient (Wildman–Crippen LogP) is 2.33. The van der Waals surface area contributed by atoms with Gasteiger partial charge in [-0.3, -0.25) is 4.79 Å². The third-order valence-electron chi connectivity index (χ3n) is 4.93. The standard InChI is InChI=1S/C18H23N5O3/c1-17(2,3)26-16(25)23-8-6-18(10-23)15(24)22(4)12-9-20-14-11(5-7-19-14)13(12)21-18/h5,7,9,21H,6,8,10H2,1-4H3,(H,19,20). The Kier molecular flexibility index (Phi) is 3.44. The maximum Gasteiger partial charge on any atom is 0.410 e. The van der Waals surface area contributed by atoms with Crippen molar-refractivity contribution in [3.8, 4) is 0 Å². The van der Waals surface area contributed by atoms with E-state index in [1.807, 2.05) is 33.0 Å². The van der Waals surface area contributed by atoms with Crippen molar-refractivity contribution in [2.75, 3.05) is 30.4 Å². The Labute approximate surface area is 151 Å². The van der Waals surface area contributed by atoms with Crippen LogP contribution in [0.3, 0.4) is 0 Å². The number of fused-ring (bicyclic) bond motifs is 3. The Morgan fingerprint density at radius 3 is 2.88 bits per heavy atom. The van der Waals surface area contributed by atoms with Gasteiger partial charge in [-0.05, 0) is 33.3 Å². The number of carbonyl (C=O) groups excluding carboxylic acids is 2. The number of aromatic nitrogens is 2. The van der Waals surface area contributed by atoms with E-state index < -0.39 is 11.1 Å². The van der Waals surface area contributed by atoms with E-state index in [-0.39, 0.29) is 18.5 Å². The van der Waals surface area contributed by atoms with Crippen LogP contribution in [0.2, 0.25) is 0 Å². The number of H-pyrrole nitrogens is 1. The lowest BCUT2D eigenvalue weighted by Gasteiger charge is -2.40. The molecule has 4 heterocycles. The molecule has 8 nitrogen and oxygen atoms in total. The SMILES string of the molecule is CN1C(=O)C2(CCN(C(=O)OC(C)(C)C)C2)Nc2c1cnc1[nH]ccc21. The quantitative estimate of drug-likeness (QED) is 0.755. The van der Waals surface area contributed by atoms with Gasteiger partial charge in [0.05, 0.1) is 24.1 Å². The van der Waals surface area contributed by atoms with Gasteiger partial charge in [0.1, 0.15) is 16.8 Å². The summed E-state index contributed by atoms with van der Waals surface area (Å²) >= 11 is 0. The van der Waals surface area contributed by atoms with Crippen molar-refractivity contribution in [1.29, 1.82) is 0 Å². The minimum atomic E-state index is -0.843. The summed E-state index contributed by atoms with van der Waals surface area (Å²) in [5, 5.41) is 4.36. The summed E-state index contributed by atoms with van der Waals surface area (Å²) in [6.45, 7) is 6.25. The van der Waals surface area contributed by atoms with Crippen LogP contribution >= 0.6 is 0 Å². The zero-order valence-electron chi connectivity index (χ0n) is 15.4. The molecular weight excluding hydrogens is 334 g/mol. The van der Waals surface area contributed by atoms with Gasteiger partial charge in [-0.25, -0.2) is 9.78 Å². The number of ether oxygens (including phenoxy) is 1. The first-order valence-corrected chi connectivity index (χ1v) is 8.71. The van der Waals surface area contributed by atoms with E-state index in [9.17, 15) is 9.59 Å². The molecule has 4 rings (SSSR count). The first-order valence-electron chi connectivity index (χ1n) is 8.71. The number of carbonyl (C=O) groups is 2. The van der Waals surface area contributed by atoms with Crippen molar-refractivity contribution in [1.82, 2.24) is 14.9 Å². The van der Waals surface area contributed by atoms with E-state index in [4.69, 9.17) is 4.74 Å². The molecule has 1 fully saturated rings. The van der Waals surface area contributed by atoms with Gasteiger partial charge in [-0.2, -0.15) is 0 Å². The molecule has 1 unspecified atom stereocenters. The molecule has 0 aliphatic carbocycles. The highest BCUT2D eigenvalue weighted by molar-refractivity contribution is 6.12. The van der Waals surface area contributed by atoms with E-state index >= 15 is 0 Å². The molecule has 2 N–H and O–H groups in total. The second-order valence-corrected chi connectivity index (χ2v) is 7.98. The third-order valence-corrected chi connectivity index (χ3v) is 4.93. The van der Waals surface area contributed by atoms with Gasteiger partial charge in [0.2, 0.25) is 0 Å². The minimum Gasteiger partial charge on any atom is -0.444 e. The smallest absolute Gasteiger partial charge is 0.410 e. The summed E-state index contributed by atoms with van der Waals surface area (Å²) < 4.78 is 5.46. The number of likely N-dealkylation sites (tertiary alicyclic amines) is 1. The van der Waals surface area contributed by atoms with Gasteiger partial charge >= 0.3 is 6.09 Å². The molecule has 1 spiro atoms. The summed E-state index contributed by atoms with van der Waals surface area (Å²) in [6.07, 6.45) is 3.65. The summed E-state index contributed by atoms with van der Waals surface area (Å²) in [5.74, 6) is -0.0623. The molecule has 0 radical (unpaired) electrons. The molecular formula is C18H23N5O3. The van der Waals surface area contributed by atoms with Crippen LogP contribution in [0.4, 0.5) is 16.2 Å². The van der Waals surface area contributed by atoms with E-state index in [0.29, 0.717) is 13.0 Å². The van der Waals surface area contributed by atoms with Gasteiger partial charge in [0.15, 0.2) is 0 Å². The van der Waals surface area contributed by atoms with E-state index in [0.717, 1.165) is 22.4 Å². The molecule has 8 heteroatoms. The van der Waals surface area contributed by atoms with Gasteiger partial charge < -0.3 is 24.8 Å². The number of amides is 2. The number of likely N-dealkylation sites (N-methyl/N-ethyl adjacent to an activating group) is 1. The molecule has 2 aliphatic heterocycles. The molecule has 1 atom stereocenters. The van der Waals surface area contributed by atoms with Crippen molar-refractivity contribution in [3.63, 3.8) is 0 Å². The van der Waals surface area contributed by atoms with Crippen LogP contribution < -0.4 is 10.2 Å². The van der Waals surface area contributed by atoms with Gasteiger partial charge in [-0.15, -0.1) is 0 Å². The zero-order chi connectivity index (χ0) is 18.7. The Morgan fingerprint density at radius 1 is 1.38 bits per heavy atom. The van der Waals surface area contributed by atoms with Crippen molar-refractivity contribution in [2.24, 2.45) is 0 Å². The van der Waals surface area contributed by atoms with Crippen LogP contribution in [0.15, 0.2) is 18.5 Å². The van der Waals surface area contributed by atoms with Gasteiger partial charge in [0, 0.05) is 25.2 Å². The number of anilines is 2. The number of hydrogen-bond donors (Lipinski definition) is 2. The van der Waals surface area contributed by atoms with Crippen LogP contribution in [-0.2, 0) is 9.53 Å². The van der Waals surface area contributed by atoms with Crippen LogP contribution in [0.5, 0.6) is 0 Å². The Morgan fingerprint density at radius 2 is 2.15 bits per heavy atom. The Balaban J connectivity index is 1.67. The van der Waals surface area contributed by atoms with Crippen LogP contribution in [0.1, 0.15) is 27.2 Å². The van der Waals surface area contributed by atoms with Crippen LogP contribution in [0, 0.1) is 0 Å². The lowest BCUT2D eigenvalue weighted by atomic mass is 9.92. The minimum absolute atomic E-state index is 0.0623. The lowest BCUT2D eigenvalue weighted by molar-refractivity contribution is -0.122. The molecule has 1 saturated heterocycles. The Bertz CT molecular complexity index is 900. The fraction of sp³-hybridized carbons (Fsp3) is 0.500. The number of rotatable bonds is 0. The van der Waals surface area contributed by atoms with Gasteiger partial charge in [-0.1, -0.05) is 0 Å². The molecule has 2 aromatic heterocycles. The van der Waals surface area contributed by atoms with Crippen molar-refractivity contribution < 1.29 is 14.3 Å².